The molecule has 0 unspecified atom stereocenters. The highest BCUT2D eigenvalue weighted by Gasteiger charge is 2.09. The summed E-state index contributed by atoms with van der Waals surface area (Å²) in [7, 11) is 0. The second kappa shape index (κ2) is 5.32. The third kappa shape index (κ3) is 2.70. The summed E-state index contributed by atoms with van der Waals surface area (Å²) in [5.74, 6) is 0. The SMILES string of the molecule is Cc1nc(=O)n(Cc2cncc(Br)c2)c(C)c1Br. The Kier molecular flexibility index (Phi) is 3.97. The Morgan fingerprint density at radius 1 is 1.28 bits per heavy atom. The van der Waals surface area contributed by atoms with Crippen molar-refractivity contribution in [2.24, 2.45) is 0 Å². The van der Waals surface area contributed by atoms with Crippen LogP contribution in [0.2, 0.25) is 0 Å². The molecule has 0 fully saturated rings. The van der Waals surface area contributed by atoms with Crippen LogP contribution in [0.4, 0.5) is 0 Å². The average molecular weight is 373 g/mol. The van der Waals surface area contributed by atoms with Crippen LogP contribution < -0.4 is 5.69 Å². The maximum atomic E-state index is 11.9. The molecule has 2 rings (SSSR count). The topological polar surface area (TPSA) is 47.8 Å². The molecule has 0 amide bonds. The van der Waals surface area contributed by atoms with E-state index < -0.39 is 0 Å². The zero-order chi connectivity index (χ0) is 13.3. The van der Waals surface area contributed by atoms with Crippen LogP contribution >= 0.6 is 31.9 Å². The Hall–Kier alpha value is -1.01. The molecule has 94 valence electrons. The Balaban J connectivity index is 2.47. The summed E-state index contributed by atoms with van der Waals surface area (Å²) in [6.07, 6.45) is 3.45. The predicted molar refractivity (Wildman–Crippen MR) is 76.7 cm³/mol. The summed E-state index contributed by atoms with van der Waals surface area (Å²) >= 11 is 6.81. The van der Waals surface area contributed by atoms with Gasteiger partial charge >= 0.3 is 5.69 Å². The predicted octanol–water partition coefficient (Wildman–Crippen LogP) is 2.83. The molecule has 2 aromatic rings. The first-order valence-corrected chi connectivity index (χ1v) is 6.90. The molecule has 0 N–H and O–H groups in total. The first kappa shape index (κ1) is 13.4. The van der Waals surface area contributed by atoms with E-state index in [1.807, 2.05) is 19.9 Å². The van der Waals surface area contributed by atoms with Crippen molar-refractivity contribution in [2.75, 3.05) is 0 Å². The molecule has 0 bridgehead atoms. The van der Waals surface area contributed by atoms with Gasteiger partial charge in [-0.25, -0.2) is 4.79 Å². The average Bonchev–Trinajstić information content (AvgIpc) is 2.32. The first-order valence-electron chi connectivity index (χ1n) is 5.32. The van der Waals surface area contributed by atoms with E-state index in [-0.39, 0.29) is 5.69 Å². The number of rotatable bonds is 2. The lowest BCUT2D eigenvalue weighted by Gasteiger charge is -2.12. The number of hydrogen-bond acceptors (Lipinski definition) is 3. The van der Waals surface area contributed by atoms with Crippen molar-refractivity contribution < 1.29 is 0 Å². The minimum absolute atomic E-state index is 0.242. The van der Waals surface area contributed by atoms with Crippen LogP contribution in [-0.2, 0) is 6.54 Å². The molecule has 0 saturated heterocycles. The lowest BCUT2D eigenvalue weighted by Crippen LogP contribution is -2.26. The van der Waals surface area contributed by atoms with Gasteiger partial charge in [0.25, 0.3) is 0 Å². The zero-order valence-corrected chi connectivity index (χ0v) is 13.1. The molecule has 0 atom stereocenters. The Morgan fingerprint density at radius 2 is 2.00 bits per heavy atom. The Morgan fingerprint density at radius 3 is 2.67 bits per heavy atom. The lowest BCUT2D eigenvalue weighted by atomic mass is 10.2. The van der Waals surface area contributed by atoms with Crippen LogP contribution in [-0.4, -0.2) is 14.5 Å². The molecule has 0 aliphatic rings. The molecule has 0 aliphatic carbocycles. The van der Waals surface area contributed by atoms with Gasteiger partial charge < -0.3 is 0 Å². The van der Waals surface area contributed by atoms with E-state index in [0.717, 1.165) is 20.2 Å². The van der Waals surface area contributed by atoms with Crippen LogP contribution in [0.3, 0.4) is 0 Å². The van der Waals surface area contributed by atoms with Crippen molar-refractivity contribution in [3.63, 3.8) is 0 Å². The molecule has 0 aliphatic heterocycles. The molecule has 0 saturated carbocycles. The van der Waals surface area contributed by atoms with E-state index in [1.165, 1.54) is 0 Å². The van der Waals surface area contributed by atoms with Crippen molar-refractivity contribution in [2.45, 2.75) is 20.4 Å². The van der Waals surface area contributed by atoms with Crippen LogP contribution in [0, 0.1) is 13.8 Å². The lowest BCUT2D eigenvalue weighted by molar-refractivity contribution is 0.686. The quantitative estimate of drug-likeness (QED) is 0.814. The van der Waals surface area contributed by atoms with Crippen LogP contribution in [0.25, 0.3) is 0 Å². The summed E-state index contributed by atoms with van der Waals surface area (Å²) in [6, 6.07) is 1.94. The van der Waals surface area contributed by atoms with Gasteiger partial charge in [-0.3, -0.25) is 9.55 Å². The number of nitrogens with zero attached hydrogens (tertiary/aromatic N) is 3. The number of hydrogen-bond donors (Lipinski definition) is 0. The fraction of sp³-hybridized carbons (Fsp3) is 0.250. The highest BCUT2D eigenvalue weighted by Crippen LogP contribution is 2.18. The standard InChI is InChI=1S/C12H11Br2N3O/c1-7-11(14)8(2)17(12(18)16-7)6-9-3-10(13)5-15-4-9/h3-5H,6H2,1-2H3. The third-order valence-electron chi connectivity index (χ3n) is 2.64. The van der Waals surface area contributed by atoms with Gasteiger partial charge in [-0.15, -0.1) is 0 Å². The summed E-state index contributed by atoms with van der Waals surface area (Å²) in [5, 5.41) is 0. The Bertz CT molecular complexity index is 652. The van der Waals surface area contributed by atoms with E-state index in [2.05, 4.69) is 41.8 Å². The van der Waals surface area contributed by atoms with Crippen LogP contribution in [0.1, 0.15) is 17.0 Å². The number of aryl methyl sites for hydroxylation is 1. The van der Waals surface area contributed by atoms with Crippen LogP contribution in [0.5, 0.6) is 0 Å². The van der Waals surface area contributed by atoms with E-state index in [4.69, 9.17) is 0 Å². The van der Waals surface area contributed by atoms with Gasteiger partial charge in [-0.2, -0.15) is 4.98 Å². The second-order valence-electron chi connectivity index (χ2n) is 3.98. The number of aromatic nitrogens is 3. The molecular formula is C12H11Br2N3O. The van der Waals surface area contributed by atoms with Gasteiger partial charge in [0.05, 0.1) is 16.7 Å². The van der Waals surface area contributed by atoms with Gasteiger partial charge in [-0.1, -0.05) is 0 Å². The molecule has 0 aromatic carbocycles. The molecule has 2 heterocycles. The van der Waals surface area contributed by atoms with Gasteiger partial charge in [0.15, 0.2) is 0 Å². The summed E-state index contributed by atoms with van der Waals surface area (Å²) in [4.78, 5) is 20.0. The molecule has 6 heteroatoms. The van der Waals surface area contributed by atoms with E-state index in [1.54, 1.807) is 17.0 Å². The maximum Gasteiger partial charge on any atom is 0.348 e. The molecule has 2 aromatic heterocycles. The molecule has 4 nitrogen and oxygen atoms in total. The first-order chi connectivity index (χ1) is 8.49. The second-order valence-corrected chi connectivity index (χ2v) is 5.69. The van der Waals surface area contributed by atoms with Crippen molar-refractivity contribution in [3.8, 4) is 0 Å². The van der Waals surface area contributed by atoms with E-state index >= 15 is 0 Å². The maximum absolute atomic E-state index is 11.9. The summed E-state index contributed by atoms with van der Waals surface area (Å²) < 4.78 is 3.38. The minimum Gasteiger partial charge on any atom is -0.291 e. The van der Waals surface area contributed by atoms with Crippen molar-refractivity contribution in [3.05, 3.63) is 54.8 Å². The monoisotopic (exact) mass is 371 g/mol. The van der Waals surface area contributed by atoms with Gasteiger partial charge in [0.1, 0.15) is 0 Å². The molecule has 18 heavy (non-hydrogen) atoms. The Labute approximate surface area is 121 Å². The molecule has 0 spiro atoms. The number of halogens is 2. The third-order valence-corrected chi connectivity index (χ3v) is 4.22. The number of pyridine rings is 1. The largest absolute Gasteiger partial charge is 0.348 e. The minimum atomic E-state index is -0.242. The van der Waals surface area contributed by atoms with Crippen molar-refractivity contribution in [1.82, 2.24) is 14.5 Å². The smallest absolute Gasteiger partial charge is 0.291 e. The van der Waals surface area contributed by atoms with Gasteiger partial charge in [0, 0.05) is 22.6 Å². The van der Waals surface area contributed by atoms with Crippen molar-refractivity contribution in [1.29, 1.82) is 0 Å². The highest BCUT2D eigenvalue weighted by molar-refractivity contribution is 9.10. The molecule has 0 radical (unpaired) electrons. The van der Waals surface area contributed by atoms with E-state index in [9.17, 15) is 4.79 Å². The van der Waals surface area contributed by atoms with Crippen LogP contribution in [0.15, 0.2) is 32.2 Å². The summed E-state index contributed by atoms with van der Waals surface area (Å²) in [6.45, 7) is 4.16. The fourth-order valence-electron chi connectivity index (χ4n) is 1.69. The van der Waals surface area contributed by atoms with Gasteiger partial charge in [-0.05, 0) is 57.3 Å². The summed E-state index contributed by atoms with van der Waals surface area (Å²) in [5.41, 5.74) is 2.29. The normalized spacial score (nSPS) is 10.7. The van der Waals surface area contributed by atoms with Gasteiger partial charge in [0.2, 0.25) is 0 Å². The van der Waals surface area contributed by atoms with E-state index in [0.29, 0.717) is 12.2 Å². The zero-order valence-electron chi connectivity index (χ0n) is 9.94. The van der Waals surface area contributed by atoms with Crippen molar-refractivity contribution >= 4 is 31.9 Å². The highest BCUT2D eigenvalue weighted by atomic mass is 79.9. The molecular weight excluding hydrogens is 362 g/mol. The fourth-order valence-corrected chi connectivity index (χ4v) is 2.40.